The monoisotopic (exact) mass is 612 g/mol. The van der Waals surface area contributed by atoms with E-state index in [9.17, 15) is 19.6 Å². The Bertz CT molecular complexity index is 1530. The number of hydrogen-bond acceptors (Lipinski definition) is 8. The number of nitrogens with zero attached hydrogens (tertiary/aromatic N) is 5. The molecular weight excluding hydrogens is 570 g/mol. The second-order valence-electron chi connectivity index (χ2n) is 13.0. The number of amidine groups is 1. The average Bonchev–Trinajstić information content (AvgIpc) is 3.74. The van der Waals surface area contributed by atoms with Crippen LogP contribution < -0.4 is 21.4 Å². The SMILES string of the molecule is CNC(=O)c1ccc2c(c1)CCc1cc(C(=O)NC)ccc1C2(CC(NCC(=O)N1CCCC1C#N)C(C)(C)C)C1=NN=N[NH2+]1. The van der Waals surface area contributed by atoms with Crippen LogP contribution in [0, 0.1) is 16.7 Å². The normalized spacial score (nSPS) is 19.1. The fourth-order valence-corrected chi connectivity index (χ4v) is 6.90. The quantitative estimate of drug-likeness (QED) is 0.334. The average molecular weight is 613 g/mol. The van der Waals surface area contributed by atoms with Crippen LogP contribution in [-0.2, 0) is 23.1 Å². The number of nitrogens with one attached hydrogen (secondary N) is 3. The summed E-state index contributed by atoms with van der Waals surface area (Å²) >= 11 is 0. The molecule has 0 spiro atoms. The van der Waals surface area contributed by atoms with Gasteiger partial charge >= 0.3 is 0 Å². The highest BCUT2D eigenvalue weighted by molar-refractivity contribution is 5.97. The van der Waals surface area contributed by atoms with Gasteiger partial charge in [0, 0.05) is 43.0 Å². The van der Waals surface area contributed by atoms with Gasteiger partial charge in [0.15, 0.2) is 0 Å². The number of nitrogens with two attached hydrogens (primary N) is 1. The van der Waals surface area contributed by atoms with Crippen molar-refractivity contribution in [2.45, 2.75) is 70.4 Å². The molecule has 0 aromatic heterocycles. The minimum Gasteiger partial charge on any atom is -0.355 e. The number of aryl methyl sites for hydroxylation is 2. The van der Waals surface area contributed by atoms with Crippen molar-refractivity contribution in [2.75, 3.05) is 27.2 Å². The molecule has 5 N–H and O–H groups in total. The van der Waals surface area contributed by atoms with Crippen LogP contribution in [0.25, 0.3) is 0 Å². The lowest BCUT2D eigenvalue weighted by atomic mass is 9.64. The first-order chi connectivity index (χ1) is 21.5. The molecule has 2 aromatic rings. The number of likely N-dealkylation sites (tertiary alicyclic amines) is 1. The lowest BCUT2D eigenvalue weighted by Crippen LogP contribution is -2.85. The molecule has 1 fully saturated rings. The third kappa shape index (κ3) is 6.10. The Morgan fingerprint density at radius 1 is 1.04 bits per heavy atom. The van der Waals surface area contributed by atoms with Crippen LogP contribution in [0.5, 0.6) is 0 Å². The summed E-state index contributed by atoms with van der Waals surface area (Å²) in [5.41, 5.74) is 5.58. The number of carbonyl (C=O) groups excluding carboxylic acids is 3. The van der Waals surface area contributed by atoms with Crippen LogP contribution in [-0.4, -0.2) is 67.7 Å². The van der Waals surface area contributed by atoms with Gasteiger partial charge < -0.3 is 20.9 Å². The second kappa shape index (κ2) is 12.9. The third-order valence-corrected chi connectivity index (χ3v) is 9.37. The molecule has 45 heavy (non-hydrogen) atoms. The Morgan fingerprint density at radius 3 is 2.13 bits per heavy atom. The second-order valence-corrected chi connectivity index (χ2v) is 13.0. The van der Waals surface area contributed by atoms with Crippen molar-refractivity contribution >= 4 is 23.6 Å². The molecule has 2 unspecified atom stereocenters. The van der Waals surface area contributed by atoms with Crippen LogP contribution in [0.4, 0.5) is 0 Å². The van der Waals surface area contributed by atoms with Crippen LogP contribution in [0.3, 0.4) is 0 Å². The summed E-state index contributed by atoms with van der Waals surface area (Å²) in [6, 6.07) is 13.2. The molecule has 3 aliphatic rings. The first-order valence-corrected chi connectivity index (χ1v) is 15.5. The van der Waals surface area contributed by atoms with E-state index in [1.54, 1.807) is 24.4 Å². The standard InChI is InChI=1S/C33H41N9O3/c1-32(2,3)27(37-19-28(43)42-14-6-7-24(42)18-34)17-33(31-38-40-41-39-31)25-12-10-22(29(44)35-4)15-20(25)8-9-21-16-23(30(45)36-5)11-13-26(21)33/h10-13,15-16,24,27,37H,6-9,14,17,19H2,1-5H3,(H,35,44)(H,36,45)(H,38,39,40,41)/p+1. The number of fused-ring (bicyclic) bond motifs is 2. The maximum absolute atomic E-state index is 13.4. The molecule has 0 bridgehead atoms. The molecule has 12 heteroatoms. The minimum atomic E-state index is -0.871. The molecule has 1 aliphatic carbocycles. The van der Waals surface area contributed by atoms with Gasteiger partial charge in [0.2, 0.25) is 5.91 Å². The van der Waals surface area contributed by atoms with Crippen molar-refractivity contribution < 1.29 is 19.8 Å². The molecule has 3 amide bonds. The molecule has 2 aliphatic heterocycles. The van der Waals surface area contributed by atoms with Crippen molar-refractivity contribution in [3.63, 3.8) is 0 Å². The van der Waals surface area contributed by atoms with Gasteiger partial charge in [-0.2, -0.15) is 10.7 Å². The Kier molecular flexibility index (Phi) is 9.13. The zero-order valence-corrected chi connectivity index (χ0v) is 26.6. The van der Waals surface area contributed by atoms with E-state index in [1.165, 1.54) is 0 Å². The largest absolute Gasteiger partial charge is 0.355 e. The highest BCUT2D eigenvalue weighted by Gasteiger charge is 2.51. The predicted octanol–water partition coefficient (Wildman–Crippen LogP) is 1.96. The van der Waals surface area contributed by atoms with Crippen molar-refractivity contribution in [3.05, 3.63) is 69.8 Å². The highest BCUT2D eigenvalue weighted by atomic mass is 16.2. The van der Waals surface area contributed by atoms with Crippen molar-refractivity contribution in [1.29, 1.82) is 5.26 Å². The molecule has 2 atom stereocenters. The topological polar surface area (TPSA) is 168 Å². The lowest BCUT2D eigenvalue weighted by Gasteiger charge is -2.41. The summed E-state index contributed by atoms with van der Waals surface area (Å²) in [4.78, 5) is 40.4. The van der Waals surface area contributed by atoms with Gasteiger partial charge in [-0.25, -0.2) is 0 Å². The molecule has 0 saturated carbocycles. The van der Waals surface area contributed by atoms with E-state index in [2.05, 4.69) is 58.3 Å². The first-order valence-electron chi connectivity index (χ1n) is 15.5. The summed E-state index contributed by atoms with van der Waals surface area (Å²) in [7, 11) is 3.23. The fourth-order valence-electron chi connectivity index (χ4n) is 6.90. The number of rotatable bonds is 8. The van der Waals surface area contributed by atoms with Gasteiger partial charge in [0.05, 0.1) is 17.8 Å². The smallest absolute Gasteiger partial charge is 0.264 e. The van der Waals surface area contributed by atoms with Gasteiger partial charge in [-0.15, -0.1) is 0 Å². The molecule has 2 aromatic carbocycles. The van der Waals surface area contributed by atoms with Gasteiger partial charge in [-0.3, -0.25) is 14.4 Å². The zero-order valence-electron chi connectivity index (χ0n) is 26.6. The summed E-state index contributed by atoms with van der Waals surface area (Å²) in [5, 5.41) is 31.3. The van der Waals surface area contributed by atoms with Crippen LogP contribution in [0.2, 0.25) is 0 Å². The molecule has 2 heterocycles. The van der Waals surface area contributed by atoms with Crippen molar-refractivity contribution in [2.24, 2.45) is 21.0 Å². The maximum atomic E-state index is 13.4. The van der Waals surface area contributed by atoms with E-state index in [1.807, 2.05) is 36.4 Å². The van der Waals surface area contributed by atoms with Crippen LogP contribution >= 0.6 is 0 Å². The predicted molar refractivity (Wildman–Crippen MR) is 168 cm³/mol. The Labute approximate surface area is 263 Å². The van der Waals surface area contributed by atoms with E-state index in [-0.39, 0.29) is 35.7 Å². The van der Waals surface area contributed by atoms with Crippen LogP contribution in [0.1, 0.15) is 83.0 Å². The summed E-state index contributed by atoms with van der Waals surface area (Å²) in [6.45, 7) is 7.07. The Morgan fingerprint density at radius 2 is 1.64 bits per heavy atom. The Hall–Kier alpha value is -4.47. The molecule has 5 rings (SSSR count). The highest BCUT2D eigenvalue weighted by Crippen LogP contribution is 2.46. The van der Waals surface area contributed by atoms with Gasteiger partial charge in [-0.05, 0) is 84.0 Å². The maximum Gasteiger partial charge on any atom is 0.264 e. The fraction of sp³-hybridized carbons (Fsp3) is 0.485. The summed E-state index contributed by atoms with van der Waals surface area (Å²) in [5.74, 6) is 0.210. The molecule has 236 valence electrons. The number of nitriles is 1. The Balaban J connectivity index is 1.66. The summed E-state index contributed by atoms with van der Waals surface area (Å²) < 4.78 is 0. The molecular formula is C33H42N9O3+. The van der Waals surface area contributed by atoms with Gasteiger partial charge in [0.1, 0.15) is 11.5 Å². The first kappa shape index (κ1) is 31.9. The third-order valence-electron chi connectivity index (χ3n) is 9.37. The van der Waals surface area contributed by atoms with E-state index in [4.69, 9.17) is 0 Å². The van der Waals surface area contributed by atoms with Crippen molar-refractivity contribution in [1.82, 2.24) is 20.9 Å². The van der Waals surface area contributed by atoms with Gasteiger partial charge in [0.25, 0.3) is 17.6 Å². The zero-order chi connectivity index (χ0) is 32.4. The van der Waals surface area contributed by atoms with E-state index in [0.29, 0.717) is 49.2 Å². The lowest BCUT2D eigenvalue weighted by molar-refractivity contribution is -0.552. The van der Waals surface area contributed by atoms with E-state index in [0.717, 1.165) is 28.7 Å². The number of hydrogen-bond donors (Lipinski definition) is 4. The number of quaternary nitrogens is 1. The molecule has 1 saturated heterocycles. The van der Waals surface area contributed by atoms with Crippen LogP contribution in [0.15, 0.2) is 51.9 Å². The van der Waals surface area contributed by atoms with E-state index >= 15 is 0 Å². The van der Waals surface area contributed by atoms with E-state index < -0.39 is 11.5 Å². The number of amides is 3. The number of carbonyl (C=O) groups is 3. The van der Waals surface area contributed by atoms with Gasteiger partial charge in [-0.1, -0.05) is 38.0 Å². The summed E-state index contributed by atoms with van der Waals surface area (Å²) in [6.07, 6.45) is 3.29. The van der Waals surface area contributed by atoms with Crippen molar-refractivity contribution in [3.8, 4) is 6.07 Å². The molecule has 0 radical (unpaired) electrons. The number of benzene rings is 2. The molecule has 12 nitrogen and oxygen atoms in total. The minimum absolute atomic E-state index is 0.0894.